The molecule has 4 N–H and O–H groups in total. The monoisotopic (exact) mass is 629 g/mol. The van der Waals surface area contributed by atoms with Crippen molar-refractivity contribution in [3.05, 3.63) is 63.0 Å². The van der Waals surface area contributed by atoms with Gasteiger partial charge in [-0.25, -0.2) is 19.6 Å². The smallest absolute Gasteiger partial charge is 0.434 e. The van der Waals surface area contributed by atoms with Crippen LogP contribution in [-0.2, 0) is 10.9 Å². The van der Waals surface area contributed by atoms with Crippen molar-refractivity contribution < 1.29 is 32.6 Å². The van der Waals surface area contributed by atoms with Gasteiger partial charge >= 0.3 is 18.2 Å². The number of amides is 2. The zero-order chi connectivity index (χ0) is 31.6. The highest BCUT2D eigenvalue weighted by Crippen LogP contribution is 2.44. The van der Waals surface area contributed by atoms with Gasteiger partial charge in [0.15, 0.2) is 5.69 Å². The number of anilines is 1. The topological polar surface area (TPSA) is 146 Å². The molecule has 0 saturated heterocycles. The van der Waals surface area contributed by atoms with Crippen LogP contribution in [0.4, 0.5) is 23.8 Å². The second-order valence-electron chi connectivity index (χ2n) is 10.3. The Kier molecular flexibility index (Phi) is 9.02. The summed E-state index contributed by atoms with van der Waals surface area (Å²) in [4.78, 5) is 49.4. The average molecular weight is 630 g/mol. The summed E-state index contributed by atoms with van der Waals surface area (Å²) in [7, 11) is 0. The molecule has 44 heavy (non-hydrogen) atoms. The predicted octanol–water partition coefficient (Wildman–Crippen LogP) is 6.07. The molecule has 3 heterocycles. The number of hydrogen-bond acceptors (Lipinski definition) is 8. The van der Waals surface area contributed by atoms with Crippen molar-refractivity contribution in [2.75, 3.05) is 18.5 Å². The van der Waals surface area contributed by atoms with Crippen molar-refractivity contribution in [3.63, 3.8) is 0 Å². The van der Waals surface area contributed by atoms with Gasteiger partial charge in [0.05, 0.1) is 12.7 Å². The van der Waals surface area contributed by atoms with Crippen LogP contribution in [0.15, 0.2) is 40.8 Å². The number of aliphatic hydroxyl groups excluding tert-OH is 1. The van der Waals surface area contributed by atoms with E-state index >= 15 is 0 Å². The Bertz CT molecular complexity index is 1770. The van der Waals surface area contributed by atoms with Crippen molar-refractivity contribution in [2.24, 2.45) is 0 Å². The molecule has 1 aromatic carbocycles. The Hall–Kier alpha value is -4.30. The first kappa shape index (κ1) is 31.1. The van der Waals surface area contributed by atoms with Gasteiger partial charge in [-0.2, -0.15) is 13.2 Å². The van der Waals surface area contributed by atoms with Gasteiger partial charge in [0.2, 0.25) is 5.43 Å². The van der Waals surface area contributed by atoms with E-state index in [-0.39, 0.29) is 39.9 Å². The largest absolute Gasteiger partial charge is 0.462 e. The van der Waals surface area contributed by atoms with Crippen LogP contribution in [0.5, 0.6) is 0 Å². The molecule has 232 valence electrons. The summed E-state index contributed by atoms with van der Waals surface area (Å²) < 4.78 is 45.7. The molecule has 0 radical (unpaired) electrons. The minimum Gasteiger partial charge on any atom is -0.462 e. The molecule has 14 heteroatoms. The summed E-state index contributed by atoms with van der Waals surface area (Å²) in [6, 6.07) is 4.16. The second kappa shape index (κ2) is 12.7. The number of aromatic amines is 1. The first-order valence-corrected chi connectivity index (χ1v) is 15.0. The number of aliphatic hydroxyl groups is 1. The quantitative estimate of drug-likeness (QED) is 0.182. The third-order valence-corrected chi connectivity index (χ3v) is 8.35. The number of alkyl halides is 3. The average Bonchev–Trinajstić information content (AvgIpc) is 3.49. The minimum atomic E-state index is -4.68. The highest BCUT2D eigenvalue weighted by molar-refractivity contribution is 7.13. The lowest BCUT2D eigenvalue weighted by Crippen LogP contribution is -2.28. The molecular weight excluding hydrogens is 599 g/mol. The van der Waals surface area contributed by atoms with Gasteiger partial charge in [-0.15, -0.1) is 11.3 Å². The third-order valence-electron chi connectivity index (χ3n) is 7.47. The number of aromatic nitrogens is 3. The SMILES string of the molecule is CCNC(=O)Nc1cc(-c2nc(C(F)(F)F)cs2)c(-c2cc3c(=O)c(C(=O)OCC)c[nH]c3cc2[C@@H]2CCCC[C@@H]2O)cn1. The standard InChI is InChI=1S/C30H30F3N5O5S/c1-3-34-29(42)38-25-11-18(27-37-24(14-44-27)30(31,32)33)20(12-36-25)16-9-19-22(10-17(16)15-7-5-6-8-23(15)39)35-13-21(26(19)40)28(41)43-4-2/h9-15,23,39H,3-8H2,1-2H3,(H,35,40)(H2,34,36,38,42)/t15-,23-/m0/s1. The number of nitrogens with zero attached hydrogens (tertiary/aromatic N) is 2. The maximum Gasteiger partial charge on any atom is 0.434 e. The molecule has 4 aromatic rings. The van der Waals surface area contributed by atoms with E-state index in [1.165, 1.54) is 18.5 Å². The van der Waals surface area contributed by atoms with Crippen LogP contribution in [0.3, 0.4) is 0 Å². The van der Waals surface area contributed by atoms with E-state index in [9.17, 15) is 32.7 Å². The minimum absolute atomic E-state index is 0.0121. The summed E-state index contributed by atoms with van der Waals surface area (Å²) >= 11 is 0.771. The lowest BCUT2D eigenvalue weighted by Gasteiger charge is -2.30. The fraction of sp³-hybridized carbons (Fsp3) is 0.367. The number of pyridine rings is 2. The molecule has 1 fully saturated rings. The summed E-state index contributed by atoms with van der Waals surface area (Å²) in [5, 5.41) is 17.2. The number of urea groups is 1. The number of fused-ring (bicyclic) bond motifs is 1. The number of benzene rings is 1. The van der Waals surface area contributed by atoms with Crippen LogP contribution in [0.1, 0.15) is 67.1 Å². The molecule has 0 spiro atoms. The highest BCUT2D eigenvalue weighted by atomic mass is 32.1. The van der Waals surface area contributed by atoms with Crippen molar-refractivity contribution in [1.29, 1.82) is 0 Å². The number of halogens is 3. The predicted molar refractivity (Wildman–Crippen MR) is 160 cm³/mol. The van der Waals surface area contributed by atoms with E-state index in [0.29, 0.717) is 41.6 Å². The van der Waals surface area contributed by atoms with Crippen LogP contribution in [-0.4, -0.2) is 51.3 Å². The van der Waals surface area contributed by atoms with E-state index in [1.54, 1.807) is 26.0 Å². The molecular formula is C30H30F3N5O5S. The lowest BCUT2D eigenvalue weighted by molar-refractivity contribution is -0.140. The number of H-pyrrole nitrogens is 1. The molecule has 0 unspecified atom stereocenters. The van der Waals surface area contributed by atoms with Gasteiger partial charge in [0.1, 0.15) is 16.4 Å². The van der Waals surface area contributed by atoms with Crippen LogP contribution in [0, 0.1) is 0 Å². The highest BCUT2D eigenvalue weighted by Gasteiger charge is 2.35. The molecule has 2 amide bonds. The molecule has 3 aromatic heterocycles. The fourth-order valence-electron chi connectivity index (χ4n) is 5.42. The Balaban J connectivity index is 1.78. The number of nitrogens with one attached hydrogen (secondary N) is 3. The van der Waals surface area contributed by atoms with Crippen LogP contribution < -0.4 is 16.1 Å². The van der Waals surface area contributed by atoms with E-state index in [0.717, 1.165) is 29.6 Å². The first-order chi connectivity index (χ1) is 21.0. The lowest BCUT2D eigenvalue weighted by atomic mass is 9.78. The van der Waals surface area contributed by atoms with Gasteiger partial charge in [-0.05, 0) is 56.0 Å². The normalized spacial score (nSPS) is 17.0. The third kappa shape index (κ3) is 6.31. The molecule has 10 nitrogen and oxygen atoms in total. The Morgan fingerprint density at radius 1 is 1.14 bits per heavy atom. The number of ether oxygens (including phenoxy) is 1. The van der Waals surface area contributed by atoms with Crippen molar-refractivity contribution in [2.45, 2.75) is 57.7 Å². The Morgan fingerprint density at radius 3 is 2.59 bits per heavy atom. The van der Waals surface area contributed by atoms with E-state index < -0.39 is 35.4 Å². The molecule has 5 rings (SSSR count). The van der Waals surface area contributed by atoms with Crippen LogP contribution in [0.25, 0.3) is 32.6 Å². The summed E-state index contributed by atoms with van der Waals surface area (Å²) in [5.41, 5.74) is 0.209. The van der Waals surface area contributed by atoms with Crippen LogP contribution in [0.2, 0.25) is 0 Å². The number of esters is 1. The summed E-state index contributed by atoms with van der Waals surface area (Å²) in [6.07, 6.45) is 0.189. The maximum atomic E-state index is 13.6. The van der Waals surface area contributed by atoms with Gasteiger partial charge < -0.3 is 20.1 Å². The van der Waals surface area contributed by atoms with Gasteiger partial charge in [0, 0.05) is 52.3 Å². The Labute approximate surface area is 253 Å². The first-order valence-electron chi connectivity index (χ1n) is 14.1. The molecule has 0 aliphatic heterocycles. The van der Waals surface area contributed by atoms with E-state index in [1.807, 2.05) is 0 Å². The number of carbonyl (C=O) groups excluding carboxylic acids is 2. The van der Waals surface area contributed by atoms with Crippen LogP contribution >= 0.6 is 11.3 Å². The number of thiazole rings is 1. The summed E-state index contributed by atoms with van der Waals surface area (Å²) in [5.74, 6) is -1.07. The van der Waals surface area contributed by atoms with Gasteiger partial charge in [0.25, 0.3) is 0 Å². The van der Waals surface area contributed by atoms with E-state index in [4.69, 9.17) is 4.74 Å². The van der Waals surface area contributed by atoms with E-state index in [2.05, 4.69) is 25.6 Å². The maximum absolute atomic E-state index is 13.6. The number of rotatable bonds is 7. The van der Waals surface area contributed by atoms with Crippen molar-refractivity contribution in [3.8, 4) is 21.7 Å². The fourth-order valence-corrected chi connectivity index (χ4v) is 6.28. The number of hydrogen-bond donors (Lipinski definition) is 4. The number of carbonyl (C=O) groups is 2. The molecule has 1 saturated carbocycles. The Morgan fingerprint density at radius 2 is 1.91 bits per heavy atom. The molecule has 2 atom stereocenters. The molecule has 0 bridgehead atoms. The van der Waals surface area contributed by atoms with Gasteiger partial charge in [-0.3, -0.25) is 10.1 Å². The van der Waals surface area contributed by atoms with Gasteiger partial charge in [-0.1, -0.05) is 12.8 Å². The van der Waals surface area contributed by atoms with Crippen molar-refractivity contribution in [1.82, 2.24) is 20.3 Å². The van der Waals surface area contributed by atoms with Crippen molar-refractivity contribution >= 4 is 40.1 Å². The molecule has 1 aliphatic rings. The zero-order valence-electron chi connectivity index (χ0n) is 23.9. The zero-order valence-corrected chi connectivity index (χ0v) is 24.7. The molecule has 1 aliphatic carbocycles. The summed E-state index contributed by atoms with van der Waals surface area (Å²) in [6.45, 7) is 3.75. The second-order valence-corrected chi connectivity index (χ2v) is 11.2.